The molecule has 0 saturated carbocycles. The first-order chi connectivity index (χ1) is 7.77. The molecule has 0 N–H and O–H groups in total. The lowest BCUT2D eigenvalue weighted by Crippen LogP contribution is -2.06. The Labute approximate surface area is 101 Å². The van der Waals surface area contributed by atoms with Crippen molar-refractivity contribution < 1.29 is 9.53 Å². The van der Waals surface area contributed by atoms with Crippen molar-refractivity contribution >= 4 is 17.6 Å². The molecular weight excluding hydrogens is 224 g/mol. The van der Waals surface area contributed by atoms with Crippen molar-refractivity contribution in [3.8, 4) is 0 Å². The van der Waals surface area contributed by atoms with Gasteiger partial charge in [-0.3, -0.25) is 0 Å². The second kappa shape index (κ2) is 7.07. The van der Waals surface area contributed by atoms with Gasteiger partial charge in [-0.25, -0.2) is 4.79 Å². The lowest BCUT2D eigenvalue weighted by molar-refractivity contribution is -0.136. The Morgan fingerprint density at radius 2 is 2.06 bits per heavy atom. The minimum absolute atomic E-state index is 0.196. The van der Waals surface area contributed by atoms with Crippen molar-refractivity contribution in [2.45, 2.75) is 12.8 Å². The number of aryl methyl sites for hydroxylation is 1. The Morgan fingerprint density at radius 3 is 2.62 bits per heavy atom. The molecule has 0 amide bonds. The van der Waals surface area contributed by atoms with E-state index in [4.69, 9.17) is 11.6 Å². The van der Waals surface area contributed by atoms with Gasteiger partial charge in [0.25, 0.3) is 0 Å². The van der Waals surface area contributed by atoms with Crippen LogP contribution in [0.5, 0.6) is 0 Å². The van der Waals surface area contributed by atoms with E-state index in [-0.39, 0.29) is 11.8 Å². The lowest BCUT2D eigenvalue weighted by Gasteiger charge is -2.01. The first-order valence-corrected chi connectivity index (χ1v) is 5.68. The van der Waals surface area contributed by atoms with E-state index in [1.807, 2.05) is 24.3 Å². The molecule has 3 heteroatoms. The van der Waals surface area contributed by atoms with E-state index in [9.17, 15) is 4.79 Å². The van der Waals surface area contributed by atoms with Gasteiger partial charge in [-0.1, -0.05) is 36.4 Å². The minimum atomic E-state index is -0.344. The molecule has 0 atom stereocenters. The van der Waals surface area contributed by atoms with Crippen molar-refractivity contribution in [3.05, 3.63) is 47.5 Å². The average Bonchev–Trinajstić information content (AvgIpc) is 2.35. The number of benzene rings is 1. The highest BCUT2D eigenvalue weighted by atomic mass is 35.5. The van der Waals surface area contributed by atoms with Gasteiger partial charge < -0.3 is 4.74 Å². The van der Waals surface area contributed by atoms with Gasteiger partial charge in [-0.15, -0.1) is 11.6 Å². The fourth-order valence-electron chi connectivity index (χ4n) is 1.38. The molecule has 0 aliphatic rings. The molecule has 1 aromatic carbocycles. The summed E-state index contributed by atoms with van der Waals surface area (Å²) in [4.78, 5) is 11.2. The van der Waals surface area contributed by atoms with E-state index >= 15 is 0 Å². The number of hydrogen-bond acceptors (Lipinski definition) is 2. The Kier molecular flexibility index (Phi) is 5.65. The number of rotatable bonds is 5. The van der Waals surface area contributed by atoms with Crippen LogP contribution in [0.15, 0.2) is 42.0 Å². The zero-order valence-corrected chi connectivity index (χ0v) is 10.0. The Balaban J connectivity index is 2.49. The van der Waals surface area contributed by atoms with Crippen molar-refractivity contribution in [1.82, 2.24) is 0 Å². The fraction of sp³-hybridized carbons (Fsp3) is 0.308. The van der Waals surface area contributed by atoms with Gasteiger partial charge in [0.2, 0.25) is 0 Å². The maximum atomic E-state index is 11.2. The second-order valence-electron chi connectivity index (χ2n) is 3.38. The Hall–Kier alpha value is -1.28. The SMILES string of the molecule is COC(=O)/C(=C/CCc1ccccc1)CCl. The molecular formula is C13H15ClO2. The molecule has 1 rings (SSSR count). The van der Waals surface area contributed by atoms with Crippen molar-refractivity contribution in [2.24, 2.45) is 0 Å². The third kappa shape index (κ3) is 4.07. The summed E-state index contributed by atoms with van der Waals surface area (Å²) in [6.45, 7) is 0. The average molecular weight is 239 g/mol. The van der Waals surface area contributed by atoms with Gasteiger partial charge >= 0.3 is 5.97 Å². The third-order valence-corrected chi connectivity index (χ3v) is 2.55. The van der Waals surface area contributed by atoms with Crippen LogP contribution in [0.25, 0.3) is 0 Å². The van der Waals surface area contributed by atoms with Crippen LogP contribution >= 0.6 is 11.6 Å². The molecule has 0 aromatic heterocycles. The molecule has 86 valence electrons. The maximum Gasteiger partial charge on any atom is 0.334 e. The molecule has 1 aromatic rings. The van der Waals surface area contributed by atoms with Gasteiger partial charge in [0.15, 0.2) is 0 Å². The highest BCUT2D eigenvalue weighted by Gasteiger charge is 2.06. The fourth-order valence-corrected chi connectivity index (χ4v) is 1.60. The summed E-state index contributed by atoms with van der Waals surface area (Å²) < 4.78 is 4.61. The summed E-state index contributed by atoms with van der Waals surface area (Å²) in [6, 6.07) is 10.1. The molecule has 0 aliphatic carbocycles. The highest BCUT2D eigenvalue weighted by Crippen LogP contribution is 2.07. The van der Waals surface area contributed by atoms with Crippen LogP contribution in [0.2, 0.25) is 0 Å². The predicted molar refractivity (Wildman–Crippen MR) is 65.6 cm³/mol. The van der Waals surface area contributed by atoms with E-state index in [1.54, 1.807) is 0 Å². The van der Waals surface area contributed by atoms with Crippen LogP contribution in [0.4, 0.5) is 0 Å². The summed E-state index contributed by atoms with van der Waals surface area (Å²) >= 11 is 5.65. The predicted octanol–water partition coefficient (Wildman–Crippen LogP) is 2.96. The molecule has 0 radical (unpaired) electrons. The van der Waals surface area contributed by atoms with Crippen LogP contribution in [0.1, 0.15) is 12.0 Å². The van der Waals surface area contributed by atoms with Crippen molar-refractivity contribution in [2.75, 3.05) is 13.0 Å². The number of methoxy groups -OCH3 is 1. The molecule has 0 bridgehead atoms. The largest absolute Gasteiger partial charge is 0.466 e. The number of carbonyl (C=O) groups excluding carboxylic acids is 1. The standard InChI is InChI=1S/C13H15ClO2/c1-16-13(15)12(10-14)9-5-8-11-6-3-2-4-7-11/h2-4,6-7,9H,5,8,10H2,1H3/b12-9+. The summed E-state index contributed by atoms with van der Waals surface area (Å²) in [6.07, 6.45) is 3.53. The van der Waals surface area contributed by atoms with Gasteiger partial charge in [-0.2, -0.15) is 0 Å². The van der Waals surface area contributed by atoms with E-state index < -0.39 is 0 Å². The molecule has 0 fully saturated rings. The molecule has 0 unspecified atom stereocenters. The van der Waals surface area contributed by atoms with E-state index in [0.717, 1.165) is 12.8 Å². The summed E-state index contributed by atoms with van der Waals surface area (Å²) in [5.74, 6) is -0.148. The Bertz CT molecular complexity index is 357. The summed E-state index contributed by atoms with van der Waals surface area (Å²) in [7, 11) is 1.36. The van der Waals surface area contributed by atoms with Gasteiger partial charge in [0.05, 0.1) is 13.0 Å². The first-order valence-electron chi connectivity index (χ1n) is 5.15. The van der Waals surface area contributed by atoms with Crippen LogP contribution in [-0.2, 0) is 16.0 Å². The topological polar surface area (TPSA) is 26.3 Å². The van der Waals surface area contributed by atoms with Crippen molar-refractivity contribution in [3.63, 3.8) is 0 Å². The number of ether oxygens (including phenoxy) is 1. The van der Waals surface area contributed by atoms with E-state index in [1.165, 1.54) is 12.7 Å². The molecule has 2 nitrogen and oxygen atoms in total. The van der Waals surface area contributed by atoms with Crippen LogP contribution in [-0.4, -0.2) is 19.0 Å². The number of esters is 1. The monoisotopic (exact) mass is 238 g/mol. The molecule has 0 spiro atoms. The van der Waals surface area contributed by atoms with Gasteiger partial charge in [0, 0.05) is 5.57 Å². The van der Waals surface area contributed by atoms with Crippen LogP contribution in [0, 0.1) is 0 Å². The molecule has 0 heterocycles. The lowest BCUT2D eigenvalue weighted by atomic mass is 10.1. The quantitative estimate of drug-likeness (QED) is 0.448. The zero-order chi connectivity index (χ0) is 11.8. The van der Waals surface area contributed by atoms with E-state index in [2.05, 4.69) is 16.9 Å². The van der Waals surface area contributed by atoms with Crippen LogP contribution < -0.4 is 0 Å². The minimum Gasteiger partial charge on any atom is -0.466 e. The highest BCUT2D eigenvalue weighted by molar-refractivity contribution is 6.22. The molecule has 0 aliphatic heterocycles. The zero-order valence-electron chi connectivity index (χ0n) is 9.28. The molecule has 0 saturated heterocycles. The third-order valence-electron chi connectivity index (χ3n) is 2.26. The van der Waals surface area contributed by atoms with Crippen molar-refractivity contribution in [1.29, 1.82) is 0 Å². The summed E-state index contributed by atoms with van der Waals surface area (Å²) in [5.41, 5.74) is 1.78. The maximum absolute atomic E-state index is 11.2. The number of halogens is 1. The number of carbonyl (C=O) groups is 1. The second-order valence-corrected chi connectivity index (χ2v) is 3.65. The Morgan fingerprint density at radius 1 is 1.38 bits per heavy atom. The number of alkyl halides is 1. The van der Waals surface area contributed by atoms with Crippen LogP contribution in [0.3, 0.4) is 0 Å². The molecule has 16 heavy (non-hydrogen) atoms. The normalized spacial score (nSPS) is 11.2. The van der Waals surface area contributed by atoms with Gasteiger partial charge in [-0.05, 0) is 18.4 Å². The smallest absolute Gasteiger partial charge is 0.334 e. The van der Waals surface area contributed by atoms with E-state index in [0.29, 0.717) is 5.57 Å². The van der Waals surface area contributed by atoms with Gasteiger partial charge in [0.1, 0.15) is 0 Å². The number of allylic oxidation sites excluding steroid dienone is 1. The first kappa shape index (κ1) is 12.8. The summed E-state index contributed by atoms with van der Waals surface area (Å²) in [5, 5.41) is 0. The number of hydrogen-bond donors (Lipinski definition) is 0.